The SMILES string of the molecule is CCCCc1nc2ccc(F)cn2c(=O)c1-c1ccc(NC2CCNC2)cc1. The minimum Gasteiger partial charge on any atom is -0.381 e. The first-order valence-corrected chi connectivity index (χ1v) is 9.94. The highest BCUT2D eigenvalue weighted by molar-refractivity contribution is 5.69. The summed E-state index contributed by atoms with van der Waals surface area (Å²) in [5.74, 6) is -0.451. The van der Waals surface area contributed by atoms with Gasteiger partial charge in [-0.15, -0.1) is 0 Å². The Hall–Kier alpha value is -2.73. The van der Waals surface area contributed by atoms with E-state index in [9.17, 15) is 9.18 Å². The fraction of sp³-hybridized carbons (Fsp3) is 0.364. The third-order valence-electron chi connectivity index (χ3n) is 5.23. The molecule has 2 N–H and O–H groups in total. The van der Waals surface area contributed by atoms with Crippen LogP contribution < -0.4 is 16.2 Å². The minimum atomic E-state index is -0.451. The average molecular weight is 380 g/mol. The summed E-state index contributed by atoms with van der Waals surface area (Å²) < 4.78 is 15.0. The van der Waals surface area contributed by atoms with E-state index in [0.717, 1.165) is 55.7 Å². The molecule has 4 rings (SSSR count). The molecule has 1 unspecified atom stereocenters. The van der Waals surface area contributed by atoms with Crippen molar-refractivity contribution < 1.29 is 4.39 Å². The molecule has 1 saturated heterocycles. The zero-order valence-electron chi connectivity index (χ0n) is 16.0. The molecule has 0 spiro atoms. The smallest absolute Gasteiger partial charge is 0.266 e. The number of aryl methyl sites for hydroxylation is 1. The van der Waals surface area contributed by atoms with Gasteiger partial charge < -0.3 is 10.6 Å². The van der Waals surface area contributed by atoms with Crippen LogP contribution in [0.4, 0.5) is 10.1 Å². The summed E-state index contributed by atoms with van der Waals surface area (Å²) in [6, 6.07) is 11.2. The highest BCUT2D eigenvalue weighted by Crippen LogP contribution is 2.24. The number of pyridine rings is 1. The molecule has 0 saturated carbocycles. The zero-order chi connectivity index (χ0) is 19.5. The van der Waals surface area contributed by atoms with Gasteiger partial charge in [0.25, 0.3) is 5.56 Å². The average Bonchev–Trinajstić information content (AvgIpc) is 3.21. The van der Waals surface area contributed by atoms with E-state index in [1.165, 1.54) is 16.7 Å². The van der Waals surface area contributed by atoms with Crippen molar-refractivity contribution in [2.45, 2.75) is 38.6 Å². The van der Waals surface area contributed by atoms with E-state index in [4.69, 9.17) is 0 Å². The number of nitrogens with one attached hydrogen (secondary N) is 2. The molecule has 0 amide bonds. The van der Waals surface area contributed by atoms with E-state index in [0.29, 0.717) is 17.3 Å². The Bertz CT molecular complexity index is 1020. The summed E-state index contributed by atoms with van der Waals surface area (Å²) in [4.78, 5) is 17.8. The van der Waals surface area contributed by atoms with Crippen LogP contribution in [0.1, 0.15) is 31.9 Å². The van der Waals surface area contributed by atoms with Gasteiger partial charge in [0.05, 0.1) is 11.3 Å². The van der Waals surface area contributed by atoms with Crippen LogP contribution in [0.5, 0.6) is 0 Å². The number of benzene rings is 1. The van der Waals surface area contributed by atoms with Crippen molar-refractivity contribution in [3.05, 3.63) is 64.5 Å². The standard InChI is InChI=1S/C22H25FN4O/c1-2-3-4-19-21(22(28)27-14-16(23)7-10-20(27)26-19)15-5-8-17(9-6-15)25-18-11-12-24-13-18/h5-10,14,18,24-25H,2-4,11-13H2,1H3. The lowest BCUT2D eigenvalue weighted by molar-refractivity contribution is 0.617. The van der Waals surface area contributed by atoms with Crippen molar-refractivity contribution in [3.63, 3.8) is 0 Å². The topological polar surface area (TPSA) is 58.4 Å². The van der Waals surface area contributed by atoms with Gasteiger partial charge in [-0.2, -0.15) is 0 Å². The highest BCUT2D eigenvalue weighted by atomic mass is 19.1. The Balaban J connectivity index is 1.74. The maximum absolute atomic E-state index is 13.7. The molecule has 1 atom stereocenters. The summed E-state index contributed by atoms with van der Waals surface area (Å²) >= 11 is 0. The van der Waals surface area contributed by atoms with Gasteiger partial charge in [-0.25, -0.2) is 9.37 Å². The molecule has 0 bridgehead atoms. The van der Waals surface area contributed by atoms with E-state index >= 15 is 0 Å². The number of fused-ring (bicyclic) bond motifs is 1. The molecule has 2 aromatic heterocycles. The van der Waals surface area contributed by atoms with Crippen molar-refractivity contribution in [3.8, 4) is 11.1 Å². The molecule has 1 fully saturated rings. The first-order valence-electron chi connectivity index (χ1n) is 9.94. The second kappa shape index (κ2) is 8.10. The van der Waals surface area contributed by atoms with Crippen molar-refractivity contribution in [1.29, 1.82) is 0 Å². The van der Waals surface area contributed by atoms with Crippen molar-refractivity contribution in [1.82, 2.24) is 14.7 Å². The number of hydrogen-bond donors (Lipinski definition) is 2. The first kappa shape index (κ1) is 18.6. The second-order valence-corrected chi connectivity index (χ2v) is 7.33. The summed E-state index contributed by atoms with van der Waals surface area (Å²) in [5.41, 5.74) is 3.44. The third kappa shape index (κ3) is 3.78. The van der Waals surface area contributed by atoms with Gasteiger partial charge in [0, 0.05) is 24.5 Å². The van der Waals surface area contributed by atoms with Gasteiger partial charge in [0.15, 0.2) is 0 Å². The van der Waals surface area contributed by atoms with Crippen LogP contribution in [0.3, 0.4) is 0 Å². The molecule has 5 nitrogen and oxygen atoms in total. The van der Waals surface area contributed by atoms with Crippen molar-refractivity contribution >= 4 is 11.3 Å². The largest absolute Gasteiger partial charge is 0.381 e. The Morgan fingerprint density at radius 3 is 2.79 bits per heavy atom. The molecular formula is C22H25FN4O. The van der Waals surface area contributed by atoms with E-state index in [2.05, 4.69) is 22.5 Å². The number of rotatable bonds is 6. The molecule has 3 aromatic rings. The first-order chi connectivity index (χ1) is 13.7. The van der Waals surface area contributed by atoms with Crippen LogP contribution in [0.25, 0.3) is 16.8 Å². The van der Waals surface area contributed by atoms with Gasteiger partial charge in [0.2, 0.25) is 0 Å². The lowest BCUT2D eigenvalue weighted by Crippen LogP contribution is -2.22. The predicted molar refractivity (Wildman–Crippen MR) is 110 cm³/mol. The van der Waals surface area contributed by atoms with E-state index in [1.807, 2.05) is 24.3 Å². The van der Waals surface area contributed by atoms with Crippen LogP contribution in [-0.4, -0.2) is 28.5 Å². The summed E-state index contributed by atoms with van der Waals surface area (Å²) in [7, 11) is 0. The fourth-order valence-electron chi connectivity index (χ4n) is 3.72. The molecule has 1 aliphatic heterocycles. The Labute approximate surface area is 163 Å². The van der Waals surface area contributed by atoms with Gasteiger partial charge in [-0.1, -0.05) is 25.5 Å². The van der Waals surface area contributed by atoms with Gasteiger partial charge in [-0.3, -0.25) is 9.20 Å². The lowest BCUT2D eigenvalue weighted by atomic mass is 10.0. The quantitative estimate of drug-likeness (QED) is 0.686. The number of aromatic nitrogens is 2. The van der Waals surface area contributed by atoms with E-state index in [1.54, 1.807) is 6.07 Å². The van der Waals surface area contributed by atoms with Crippen LogP contribution in [-0.2, 0) is 6.42 Å². The summed E-state index contributed by atoms with van der Waals surface area (Å²) in [6.45, 7) is 4.11. The van der Waals surface area contributed by atoms with Crippen LogP contribution in [0, 0.1) is 5.82 Å². The van der Waals surface area contributed by atoms with Gasteiger partial charge in [-0.05, 0) is 55.6 Å². The zero-order valence-corrected chi connectivity index (χ0v) is 16.0. The minimum absolute atomic E-state index is 0.226. The number of nitrogens with zero attached hydrogens (tertiary/aromatic N) is 2. The molecule has 3 heterocycles. The molecule has 146 valence electrons. The lowest BCUT2D eigenvalue weighted by Gasteiger charge is -2.14. The van der Waals surface area contributed by atoms with Crippen LogP contribution >= 0.6 is 0 Å². The van der Waals surface area contributed by atoms with Crippen molar-refractivity contribution in [2.75, 3.05) is 18.4 Å². The molecule has 6 heteroatoms. The van der Waals surface area contributed by atoms with E-state index in [-0.39, 0.29) is 5.56 Å². The van der Waals surface area contributed by atoms with Crippen molar-refractivity contribution in [2.24, 2.45) is 0 Å². The number of unbranched alkanes of at least 4 members (excludes halogenated alkanes) is 1. The normalized spacial score (nSPS) is 16.6. The Morgan fingerprint density at radius 1 is 1.25 bits per heavy atom. The highest BCUT2D eigenvalue weighted by Gasteiger charge is 2.16. The maximum Gasteiger partial charge on any atom is 0.266 e. The Kier molecular flexibility index (Phi) is 5.39. The molecular weight excluding hydrogens is 355 g/mol. The number of hydrogen-bond acceptors (Lipinski definition) is 4. The number of anilines is 1. The molecule has 0 aliphatic carbocycles. The van der Waals surface area contributed by atoms with Gasteiger partial charge in [0.1, 0.15) is 11.5 Å². The third-order valence-corrected chi connectivity index (χ3v) is 5.23. The second-order valence-electron chi connectivity index (χ2n) is 7.33. The monoisotopic (exact) mass is 380 g/mol. The fourth-order valence-corrected chi connectivity index (χ4v) is 3.72. The van der Waals surface area contributed by atoms with Crippen LogP contribution in [0.15, 0.2) is 47.4 Å². The Morgan fingerprint density at radius 2 is 2.07 bits per heavy atom. The molecule has 0 radical (unpaired) electrons. The van der Waals surface area contributed by atoms with Crippen LogP contribution in [0.2, 0.25) is 0 Å². The van der Waals surface area contributed by atoms with E-state index < -0.39 is 5.82 Å². The predicted octanol–water partition coefficient (Wildman–Crippen LogP) is 3.62. The molecule has 1 aliphatic rings. The number of halogens is 1. The summed E-state index contributed by atoms with van der Waals surface area (Å²) in [5, 5.41) is 6.85. The van der Waals surface area contributed by atoms with Gasteiger partial charge >= 0.3 is 0 Å². The molecule has 1 aromatic carbocycles. The maximum atomic E-state index is 13.7. The summed E-state index contributed by atoms with van der Waals surface area (Å²) in [6.07, 6.45) is 5.00. The molecule has 28 heavy (non-hydrogen) atoms.